The van der Waals surface area contributed by atoms with Gasteiger partial charge in [-0.05, 0) is 45.9 Å². The Morgan fingerprint density at radius 2 is 2.05 bits per heavy atom. The number of carbonyl (C=O) groups excluding carboxylic acids is 1. The Morgan fingerprint density at radius 1 is 1.35 bits per heavy atom. The fraction of sp³-hybridized carbons (Fsp3) is 0.533. The van der Waals surface area contributed by atoms with Crippen molar-refractivity contribution < 1.29 is 9.53 Å². The van der Waals surface area contributed by atoms with Gasteiger partial charge >= 0.3 is 0 Å². The maximum Gasteiger partial charge on any atom is 0.257 e. The zero-order valence-corrected chi connectivity index (χ0v) is 13.3. The minimum atomic E-state index is -0.128. The quantitative estimate of drug-likeness (QED) is 0.849. The molecule has 1 aromatic carbocycles. The van der Waals surface area contributed by atoms with Gasteiger partial charge in [-0.1, -0.05) is 11.6 Å². The summed E-state index contributed by atoms with van der Waals surface area (Å²) in [6.07, 6.45) is 0. The van der Waals surface area contributed by atoms with E-state index in [2.05, 4.69) is 31.4 Å². The Labute approximate surface area is 125 Å². The van der Waals surface area contributed by atoms with Crippen molar-refractivity contribution in [2.45, 2.75) is 39.8 Å². The summed E-state index contributed by atoms with van der Waals surface area (Å²) >= 11 is 6.02. The lowest BCUT2D eigenvalue weighted by molar-refractivity contribution is -0.122. The van der Waals surface area contributed by atoms with E-state index in [0.29, 0.717) is 23.9 Å². The smallest absolute Gasteiger partial charge is 0.257 e. The predicted molar refractivity (Wildman–Crippen MR) is 82.2 cm³/mol. The van der Waals surface area contributed by atoms with Crippen LogP contribution in [-0.2, 0) is 11.3 Å². The van der Waals surface area contributed by atoms with Crippen molar-refractivity contribution in [1.82, 2.24) is 10.6 Å². The summed E-state index contributed by atoms with van der Waals surface area (Å²) in [4.78, 5) is 11.4. The molecule has 2 N–H and O–H groups in total. The Balaban J connectivity index is 2.72. The molecule has 0 aromatic heterocycles. The molecule has 20 heavy (non-hydrogen) atoms. The first-order valence-corrected chi connectivity index (χ1v) is 7.12. The molecule has 112 valence electrons. The molecule has 0 heterocycles. The van der Waals surface area contributed by atoms with Gasteiger partial charge in [0, 0.05) is 29.2 Å². The van der Waals surface area contributed by atoms with Gasteiger partial charge in [-0.25, -0.2) is 0 Å². The molecule has 0 aliphatic heterocycles. The standard InChI is InChI=1S/C15H23ClN2O2/c1-5-17-14(19)10-20-13-7-6-12(16)8-11(13)9-18-15(2,3)4/h6-8,18H,5,9-10H2,1-4H3,(H,17,19). The fourth-order valence-corrected chi connectivity index (χ4v) is 1.77. The van der Waals surface area contributed by atoms with Crippen molar-refractivity contribution in [2.24, 2.45) is 0 Å². The van der Waals surface area contributed by atoms with Gasteiger partial charge in [-0.15, -0.1) is 0 Å². The van der Waals surface area contributed by atoms with E-state index < -0.39 is 0 Å². The summed E-state index contributed by atoms with van der Waals surface area (Å²) in [5, 5.41) is 6.73. The lowest BCUT2D eigenvalue weighted by Crippen LogP contribution is -2.35. The van der Waals surface area contributed by atoms with Gasteiger partial charge in [-0.3, -0.25) is 4.79 Å². The third-order valence-electron chi connectivity index (χ3n) is 2.56. The number of likely N-dealkylation sites (N-methyl/N-ethyl adjacent to an activating group) is 1. The molecule has 0 unspecified atom stereocenters. The van der Waals surface area contributed by atoms with E-state index >= 15 is 0 Å². The Hall–Kier alpha value is -1.26. The molecule has 1 rings (SSSR count). The van der Waals surface area contributed by atoms with E-state index in [1.165, 1.54) is 0 Å². The predicted octanol–water partition coefficient (Wildman–Crippen LogP) is 2.74. The van der Waals surface area contributed by atoms with E-state index in [9.17, 15) is 4.79 Å². The Bertz CT molecular complexity index is 456. The van der Waals surface area contributed by atoms with Gasteiger partial charge < -0.3 is 15.4 Å². The molecule has 4 nitrogen and oxygen atoms in total. The van der Waals surface area contributed by atoms with Gasteiger partial charge in [0.05, 0.1) is 0 Å². The van der Waals surface area contributed by atoms with E-state index in [4.69, 9.17) is 16.3 Å². The third kappa shape index (κ3) is 6.26. The van der Waals surface area contributed by atoms with E-state index in [1.807, 2.05) is 13.0 Å². The van der Waals surface area contributed by atoms with Crippen LogP contribution >= 0.6 is 11.6 Å². The second-order valence-corrected chi connectivity index (χ2v) is 6.03. The maximum atomic E-state index is 11.4. The molecule has 0 saturated heterocycles. The molecule has 0 bridgehead atoms. The molecule has 0 aliphatic rings. The molecular formula is C15H23ClN2O2. The van der Waals surface area contributed by atoms with Crippen LogP contribution in [0.2, 0.25) is 5.02 Å². The Morgan fingerprint density at radius 3 is 2.65 bits per heavy atom. The molecule has 1 amide bonds. The average Bonchev–Trinajstić information content (AvgIpc) is 2.34. The zero-order valence-electron chi connectivity index (χ0n) is 12.5. The molecule has 0 saturated carbocycles. The molecule has 1 aromatic rings. The SMILES string of the molecule is CCNC(=O)COc1ccc(Cl)cc1CNC(C)(C)C. The van der Waals surface area contributed by atoms with Crippen LogP contribution in [0.3, 0.4) is 0 Å². The highest BCUT2D eigenvalue weighted by Crippen LogP contribution is 2.23. The highest BCUT2D eigenvalue weighted by Gasteiger charge is 2.12. The number of halogens is 1. The minimum absolute atomic E-state index is 0.000820. The normalized spacial score (nSPS) is 11.2. The summed E-state index contributed by atoms with van der Waals surface area (Å²) in [5.41, 5.74) is 0.941. The van der Waals surface area contributed by atoms with E-state index in [-0.39, 0.29) is 18.1 Å². The number of amides is 1. The molecule has 0 spiro atoms. The topological polar surface area (TPSA) is 50.4 Å². The van der Waals surface area contributed by atoms with Crippen molar-refractivity contribution >= 4 is 17.5 Å². The number of rotatable bonds is 6. The van der Waals surface area contributed by atoms with Crippen LogP contribution < -0.4 is 15.4 Å². The molecule has 0 aliphatic carbocycles. The average molecular weight is 299 g/mol. The highest BCUT2D eigenvalue weighted by atomic mass is 35.5. The van der Waals surface area contributed by atoms with Crippen molar-refractivity contribution in [3.8, 4) is 5.75 Å². The van der Waals surface area contributed by atoms with Crippen molar-refractivity contribution in [3.05, 3.63) is 28.8 Å². The number of hydrogen-bond acceptors (Lipinski definition) is 3. The van der Waals surface area contributed by atoms with Gasteiger partial charge in [0.15, 0.2) is 6.61 Å². The van der Waals surface area contributed by atoms with E-state index in [1.54, 1.807) is 12.1 Å². The molecule has 0 radical (unpaired) electrons. The van der Waals surface area contributed by atoms with Gasteiger partial charge in [-0.2, -0.15) is 0 Å². The van der Waals surface area contributed by atoms with Crippen LogP contribution in [-0.4, -0.2) is 24.6 Å². The molecule has 0 fully saturated rings. The zero-order chi connectivity index (χ0) is 15.2. The fourth-order valence-electron chi connectivity index (χ4n) is 1.58. The second kappa shape index (κ2) is 7.50. The first-order valence-electron chi connectivity index (χ1n) is 6.75. The van der Waals surface area contributed by atoms with Crippen LogP contribution in [0.1, 0.15) is 33.3 Å². The number of carbonyl (C=O) groups is 1. The first kappa shape index (κ1) is 16.8. The van der Waals surface area contributed by atoms with Crippen molar-refractivity contribution in [2.75, 3.05) is 13.2 Å². The van der Waals surface area contributed by atoms with Crippen LogP contribution in [0.25, 0.3) is 0 Å². The lowest BCUT2D eigenvalue weighted by Gasteiger charge is -2.21. The Kier molecular flexibility index (Phi) is 6.30. The number of hydrogen-bond donors (Lipinski definition) is 2. The number of ether oxygens (including phenoxy) is 1. The minimum Gasteiger partial charge on any atom is -0.483 e. The van der Waals surface area contributed by atoms with Crippen LogP contribution in [0.4, 0.5) is 0 Å². The summed E-state index contributed by atoms with van der Waals surface area (Å²) < 4.78 is 5.56. The van der Waals surface area contributed by atoms with Crippen LogP contribution in [0.5, 0.6) is 5.75 Å². The number of nitrogens with one attached hydrogen (secondary N) is 2. The summed E-state index contributed by atoms with van der Waals surface area (Å²) in [5.74, 6) is 0.551. The summed E-state index contributed by atoms with van der Waals surface area (Å²) in [7, 11) is 0. The second-order valence-electron chi connectivity index (χ2n) is 5.60. The van der Waals surface area contributed by atoms with Gasteiger partial charge in [0.2, 0.25) is 0 Å². The third-order valence-corrected chi connectivity index (χ3v) is 2.80. The lowest BCUT2D eigenvalue weighted by atomic mass is 10.1. The first-order chi connectivity index (χ1) is 9.31. The van der Waals surface area contributed by atoms with Gasteiger partial charge in [0.1, 0.15) is 5.75 Å². The summed E-state index contributed by atoms with van der Waals surface area (Å²) in [6.45, 7) is 9.39. The van der Waals surface area contributed by atoms with Crippen molar-refractivity contribution in [3.63, 3.8) is 0 Å². The highest BCUT2D eigenvalue weighted by molar-refractivity contribution is 6.30. The molecular weight excluding hydrogens is 276 g/mol. The monoisotopic (exact) mass is 298 g/mol. The number of benzene rings is 1. The van der Waals surface area contributed by atoms with Crippen LogP contribution in [0, 0.1) is 0 Å². The van der Waals surface area contributed by atoms with Gasteiger partial charge in [0.25, 0.3) is 5.91 Å². The maximum absolute atomic E-state index is 11.4. The summed E-state index contributed by atoms with van der Waals surface area (Å²) in [6, 6.07) is 5.41. The molecule has 5 heteroatoms. The van der Waals surface area contributed by atoms with Crippen LogP contribution in [0.15, 0.2) is 18.2 Å². The van der Waals surface area contributed by atoms with E-state index in [0.717, 1.165) is 5.56 Å². The van der Waals surface area contributed by atoms with Crippen molar-refractivity contribution in [1.29, 1.82) is 0 Å². The largest absolute Gasteiger partial charge is 0.483 e. The molecule has 0 atom stereocenters.